The largest absolute Gasteiger partial charge is 0.394 e. The van der Waals surface area contributed by atoms with Crippen molar-refractivity contribution in [3.8, 4) is 0 Å². The van der Waals surface area contributed by atoms with Gasteiger partial charge in [-0.1, -0.05) is 6.92 Å². The fraction of sp³-hybridized carbons (Fsp3) is 0.538. The Morgan fingerprint density at radius 2 is 1.89 bits per heavy atom. The smallest absolute Gasteiger partial charge is 0.240 e. The van der Waals surface area contributed by atoms with Crippen LogP contribution in [0.1, 0.15) is 26.2 Å². The highest BCUT2D eigenvalue weighted by molar-refractivity contribution is 7.89. The zero-order valence-electron chi connectivity index (χ0n) is 11.0. The monoisotopic (exact) mass is 284 g/mol. The second-order valence-corrected chi connectivity index (χ2v) is 6.75. The van der Waals surface area contributed by atoms with Crippen LogP contribution in [0.5, 0.6) is 0 Å². The molecule has 106 valence electrons. The highest BCUT2D eigenvalue weighted by Gasteiger charge is 2.41. The third kappa shape index (κ3) is 3.46. The van der Waals surface area contributed by atoms with E-state index in [0.29, 0.717) is 6.54 Å². The molecule has 0 aromatic heterocycles. The van der Waals surface area contributed by atoms with Crippen molar-refractivity contribution in [2.45, 2.75) is 36.6 Å². The Kier molecular flexibility index (Phi) is 4.13. The molecule has 1 aromatic rings. The van der Waals surface area contributed by atoms with Crippen molar-refractivity contribution in [1.29, 1.82) is 0 Å². The summed E-state index contributed by atoms with van der Waals surface area (Å²) in [6.07, 6.45) is 2.65. The first-order valence-electron chi connectivity index (χ1n) is 6.50. The number of hydrogen-bond donors (Lipinski definition) is 3. The Balaban J connectivity index is 2.06. The molecule has 3 N–H and O–H groups in total. The molecule has 0 radical (unpaired) electrons. The third-order valence-electron chi connectivity index (χ3n) is 3.27. The molecule has 0 amide bonds. The van der Waals surface area contributed by atoms with Crippen LogP contribution in [0.25, 0.3) is 0 Å². The summed E-state index contributed by atoms with van der Waals surface area (Å²) in [6.45, 7) is 2.46. The number of anilines is 1. The van der Waals surface area contributed by atoms with E-state index in [2.05, 4.69) is 10.0 Å². The second-order valence-electron chi connectivity index (χ2n) is 4.99. The average molecular weight is 284 g/mol. The van der Waals surface area contributed by atoms with Gasteiger partial charge >= 0.3 is 0 Å². The minimum atomic E-state index is -3.40. The zero-order chi connectivity index (χ0) is 13.9. The minimum absolute atomic E-state index is 0.102. The number of hydrogen-bond acceptors (Lipinski definition) is 4. The molecule has 0 bridgehead atoms. The van der Waals surface area contributed by atoms with Gasteiger partial charge in [0, 0.05) is 12.2 Å². The van der Waals surface area contributed by atoms with Crippen LogP contribution in [0.3, 0.4) is 0 Å². The van der Waals surface area contributed by atoms with Crippen molar-refractivity contribution in [3.05, 3.63) is 24.3 Å². The van der Waals surface area contributed by atoms with Gasteiger partial charge in [0.2, 0.25) is 10.0 Å². The second kappa shape index (κ2) is 5.48. The standard InChI is InChI=1S/C13H20N2O3S/c1-2-9-14-19(17,18)12-5-3-11(4-6-12)15-13(10-16)7-8-13/h3-6,14-16H,2,7-10H2,1H3. The highest BCUT2D eigenvalue weighted by Crippen LogP contribution is 2.38. The van der Waals surface area contributed by atoms with E-state index in [-0.39, 0.29) is 17.0 Å². The molecule has 1 aliphatic carbocycles. The molecule has 0 aliphatic heterocycles. The quantitative estimate of drug-likeness (QED) is 0.705. The van der Waals surface area contributed by atoms with Crippen molar-refractivity contribution < 1.29 is 13.5 Å². The van der Waals surface area contributed by atoms with Crippen LogP contribution in [0, 0.1) is 0 Å². The number of sulfonamides is 1. The molecule has 0 atom stereocenters. The lowest BCUT2D eigenvalue weighted by Gasteiger charge is -2.16. The lowest BCUT2D eigenvalue weighted by atomic mass is 10.2. The first-order valence-corrected chi connectivity index (χ1v) is 7.98. The Morgan fingerprint density at radius 1 is 1.26 bits per heavy atom. The molecule has 1 aromatic carbocycles. The van der Waals surface area contributed by atoms with E-state index in [1.54, 1.807) is 24.3 Å². The summed E-state index contributed by atoms with van der Waals surface area (Å²) >= 11 is 0. The van der Waals surface area contributed by atoms with E-state index < -0.39 is 10.0 Å². The van der Waals surface area contributed by atoms with E-state index in [1.807, 2.05) is 6.92 Å². The normalized spacial score (nSPS) is 17.2. The number of benzene rings is 1. The summed E-state index contributed by atoms with van der Waals surface area (Å²) in [5.74, 6) is 0. The van der Waals surface area contributed by atoms with Crippen LogP contribution >= 0.6 is 0 Å². The van der Waals surface area contributed by atoms with Gasteiger partial charge in [0.15, 0.2) is 0 Å². The van der Waals surface area contributed by atoms with Crippen molar-refractivity contribution in [3.63, 3.8) is 0 Å². The molecule has 0 heterocycles. The van der Waals surface area contributed by atoms with Gasteiger partial charge in [-0.05, 0) is 43.5 Å². The van der Waals surface area contributed by atoms with Crippen LogP contribution in [0.2, 0.25) is 0 Å². The van der Waals surface area contributed by atoms with Gasteiger partial charge < -0.3 is 10.4 Å². The van der Waals surface area contributed by atoms with E-state index in [1.165, 1.54) is 0 Å². The zero-order valence-corrected chi connectivity index (χ0v) is 11.8. The summed E-state index contributed by atoms with van der Waals surface area (Å²) in [6, 6.07) is 6.62. The topological polar surface area (TPSA) is 78.4 Å². The van der Waals surface area contributed by atoms with Gasteiger partial charge in [0.05, 0.1) is 17.0 Å². The van der Waals surface area contributed by atoms with Gasteiger partial charge in [-0.2, -0.15) is 0 Å². The van der Waals surface area contributed by atoms with E-state index in [4.69, 9.17) is 0 Å². The Bertz CT molecular complexity index is 521. The molecular weight excluding hydrogens is 264 g/mol. The Labute approximate surface area is 114 Å². The Hall–Kier alpha value is -1.11. The maximum absolute atomic E-state index is 11.9. The fourth-order valence-electron chi connectivity index (χ4n) is 1.82. The number of aliphatic hydroxyl groups excluding tert-OH is 1. The molecular formula is C13H20N2O3S. The van der Waals surface area contributed by atoms with Gasteiger partial charge in [-0.3, -0.25) is 0 Å². The molecule has 2 rings (SSSR count). The number of aliphatic hydroxyl groups is 1. The number of rotatable bonds is 7. The molecule has 0 saturated heterocycles. The predicted octanol–water partition coefficient (Wildman–Crippen LogP) is 1.31. The van der Waals surface area contributed by atoms with E-state index in [0.717, 1.165) is 24.9 Å². The average Bonchev–Trinajstić information content (AvgIpc) is 3.17. The van der Waals surface area contributed by atoms with Crippen molar-refractivity contribution in [2.24, 2.45) is 0 Å². The van der Waals surface area contributed by atoms with Crippen LogP contribution < -0.4 is 10.0 Å². The molecule has 0 spiro atoms. The molecule has 0 unspecified atom stereocenters. The van der Waals surface area contributed by atoms with Gasteiger partial charge in [-0.15, -0.1) is 0 Å². The summed E-state index contributed by atoms with van der Waals surface area (Å²) in [5, 5.41) is 12.5. The summed E-state index contributed by atoms with van der Waals surface area (Å²) in [4.78, 5) is 0.264. The first kappa shape index (κ1) is 14.3. The maximum atomic E-state index is 11.9. The summed E-state index contributed by atoms with van der Waals surface area (Å²) < 4.78 is 26.3. The van der Waals surface area contributed by atoms with Crippen LogP contribution in [0.15, 0.2) is 29.2 Å². The van der Waals surface area contributed by atoms with Crippen molar-refractivity contribution in [1.82, 2.24) is 4.72 Å². The minimum Gasteiger partial charge on any atom is -0.394 e. The molecule has 19 heavy (non-hydrogen) atoms. The van der Waals surface area contributed by atoms with Gasteiger partial charge in [0.1, 0.15) is 0 Å². The lowest BCUT2D eigenvalue weighted by Crippen LogP contribution is -2.26. The molecule has 5 nitrogen and oxygen atoms in total. The van der Waals surface area contributed by atoms with E-state index >= 15 is 0 Å². The fourth-order valence-corrected chi connectivity index (χ4v) is 2.95. The molecule has 1 fully saturated rings. The predicted molar refractivity (Wildman–Crippen MR) is 74.6 cm³/mol. The van der Waals surface area contributed by atoms with Gasteiger partial charge in [-0.25, -0.2) is 13.1 Å². The van der Waals surface area contributed by atoms with Crippen molar-refractivity contribution >= 4 is 15.7 Å². The van der Waals surface area contributed by atoms with Crippen LogP contribution in [-0.2, 0) is 10.0 Å². The first-order chi connectivity index (χ1) is 9.01. The van der Waals surface area contributed by atoms with Crippen LogP contribution in [-0.4, -0.2) is 32.2 Å². The molecule has 1 aliphatic rings. The maximum Gasteiger partial charge on any atom is 0.240 e. The van der Waals surface area contributed by atoms with Gasteiger partial charge in [0.25, 0.3) is 0 Å². The third-order valence-corrected chi connectivity index (χ3v) is 4.75. The van der Waals surface area contributed by atoms with E-state index in [9.17, 15) is 13.5 Å². The highest BCUT2D eigenvalue weighted by atomic mass is 32.2. The summed E-state index contributed by atoms with van der Waals surface area (Å²) in [5.41, 5.74) is 0.641. The van der Waals surface area contributed by atoms with Crippen molar-refractivity contribution in [2.75, 3.05) is 18.5 Å². The molecule has 1 saturated carbocycles. The molecule has 6 heteroatoms. The number of nitrogens with one attached hydrogen (secondary N) is 2. The SMILES string of the molecule is CCCNS(=O)(=O)c1ccc(NC2(CO)CC2)cc1. The summed E-state index contributed by atoms with van der Waals surface area (Å²) in [7, 11) is -3.40. The Morgan fingerprint density at radius 3 is 2.37 bits per heavy atom. The lowest BCUT2D eigenvalue weighted by molar-refractivity contribution is 0.266. The van der Waals surface area contributed by atoms with Crippen LogP contribution in [0.4, 0.5) is 5.69 Å².